The number of primary amides is 1. The Kier molecular flexibility index (Phi) is 5.43. The highest BCUT2D eigenvalue weighted by atomic mass is 32.2. The van der Waals surface area contributed by atoms with E-state index in [1.165, 1.54) is 18.5 Å². The lowest BCUT2D eigenvalue weighted by molar-refractivity contribution is -0.119. The second-order valence-electron chi connectivity index (χ2n) is 5.05. The van der Waals surface area contributed by atoms with Crippen LogP contribution < -0.4 is 16.2 Å². The summed E-state index contributed by atoms with van der Waals surface area (Å²) in [4.78, 5) is 14.8. The van der Waals surface area contributed by atoms with Gasteiger partial charge in [0.1, 0.15) is 4.90 Å². The predicted octanol–water partition coefficient (Wildman–Crippen LogP) is -0.676. The summed E-state index contributed by atoms with van der Waals surface area (Å²) < 4.78 is 27.0. The Bertz CT molecular complexity index is 687. The van der Waals surface area contributed by atoms with Gasteiger partial charge >= 0.3 is 0 Å². The third-order valence-corrected chi connectivity index (χ3v) is 4.05. The van der Waals surface area contributed by atoms with E-state index in [0.717, 1.165) is 0 Å². The van der Waals surface area contributed by atoms with Crippen molar-refractivity contribution in [2.45, 2.75) is 30.7 Å². The van der Waals surface area contributed by atoms with Gasteiger partial charge < -0.3 is 11.5 Å². The van der Waals surface area contributed by atoms with Crippen LogP contribution in [0.15, 0.2) is 23.4 Å². The van der Waals surface area contributed by atoms with Crippen molar-refractivity contribution < 1.29 is 13.2 Å². The number of amides is 1. The first-order valence-corrected chi connectivity index (χ1v) is 7.61. The highest BCUT2D eigenvalue weighted by Gasteiger charge is 2.28. The zero-order valence-corrected chi connectivity index (χ0v) is 12.7. The van der Waals surface area contributed by atoms with Gasteiger partial charge in [-0.1, -0.05) is 11.8 Å². The van der Waals surface area contributed by atoms with Crippen molar-refractivity contribution in [3.63, 3.8) is 0 Å². The molecule has 0 bridgehead atoms. The van der Waals surface area contributed by atoms with Gasteiger partial charge in [-0.05, 0) is 19.9 Å². The molecular formula is C13H18N4O3S. The minimum absolute atomic E-state index is 0.0381. The van der Waals surface area contributed by atoms with E-state index >= 15 is 0 Å². The molecule has 1 rings (SSSR count). The molecule has 0 spiro atoms. The number of hydrogen-bond donors (Lipinski definition) is 3. The van der Waals surface area contributed by atoms with Gasteiger partial charge in [-0.25, -0.2) is 13.1 Å². The number of rotatable bonds is 5. The molecule has 1 aromatic rings. The van der Waals surface area contributed by atoms with Crippen LogP contribution in [0.25, 0.3) is 0 Å². The molecule has 0 aliphatic carbocycles. The van der Waals surface area contributed by atoms with Crippen LogP contribution in [0, 0.1) is 11.8 Å². The van der Waals surface area contributed by atoms with E-state index < -0.39 is 21.5 Å². The maximum Gasteiger partial charge on any atom is 0.242 e. The number of nitrogens with two attached hydrogens (primary N) is 2. The second-order valence-corrected chi connectivity index (χ2v) is 6.73. The molecule has 114 valence electrons. The van der Waals surface area contributed by atoms with E-state index in [1.54, 1.807) is 13.8 Å². The summed E-state index contributed by atoms with van der Waals surface area (Å²) in [6, 6.07) is 1.39. The van der Waals surface area contributed by atoms with Gasteiger partial charge in [0.05, 0.1) is 6.54 Å². The Labute approximate surface area is 124 Å². The molecule has 0 saturated heterocycles. The second kappa shape index (κ2) is 6.67. The van der Waals surface area contributed by atoms with Crippen molar-refractivity contribution >= 4 is 15.9 Å². The van der Waals surface area contributed by atoms with Gasteiger partial charge in [-0.3, -0.25) is 9.78 Å². The molecule has 8 heteroatoms. The summed E-state index contributed by atoms with van der Waals surface area (Å²) in [6.45, 7) is 3.31. The fourth-order valence-corrected chi connectivity index (χ4v) is 3.08. The lowest BCUT2D eigenvalue weighted by Gasteiger charge is -2.24. The molecule has 21 heavy (non-hydrogen) atoms. The van der Waals surface area contributed by atoms with Crippen LogP contribution in [0.4, 0.5) is 0 Å². The molecule has 0 aliphatic heterocycles. The SMILES string of the molecule is CC(C)(CC(N)=O)NS(=O)(=O)c1cncc(C#CCN)c1. The molecule has 5 N–H and O–H groups in total. The standard InChI is InChI=1S/C13H18N4O3S/c1-13(2,7-12(15)18)17-21(19,20)11-6-10(4-3-5-14)8-16-9-11/h6,8-9,17H,5,7,14H2,1-2H3,(H2,15,18). The van der Waals surface area contributed by atoms with Crippen LogP contribution in [0.1, 0.15) is 25.8 Å². The van der Waals surface area contributed by atoms with E-state index in [2.05, 4.69) is 21.5 Å². The number of sulfonamides is 1. The highest BCUT2D eigenvalue weighted by molar-refractivity contribution is 7.89. The van der Waals surface area contributed by atoms with E-state index in [9.17, 15) is 13.2 Å². The largest absolute Gasteiger partial charge is 0.370 e. The molecule has 0 fully saturated rings. The van der Waals surface area contributed by atoms with E-state index in [4.69, 9.17) is 11.5 Å². The molecule has 1 aromatic heterocycles. The maximum atomic E-state index is 12.3. The Hall–Kier alpha value is -1.95. The quantitative estimate of drug-likeness (QED) is 0.621. The Morgan fingerprint density at radius 3 is 2.67 bits per heavy atom. The fourth-order valence-electron chi connectivity index (χ4n) is 1.68. The molecule has 0 aromatic carbocycles. The zero-order chi connectivity index (χ0) is 16.1. The number of nitrogens with one attached hydrogen (secondary N) is 1. The van der Waals surface area contributed by atoms with E-state index in [1.807, 2.05) is 0 Å². The van der Waals surface area contributed by atoms with Crippen LogP contribution in [-0.4, -0.2) is 31.4 Å². The summed E-state index contributed by atoms with van der Waals surface area (Å²) in [6.07, 6.45) is 2.53. The van der Waals surface area contributed by atoms with Crippen molar-refractivity contribution in [2.75, 3.05) is 6.54 Å². The summed E-state index contributed by atoms with van der Waals surface area (Å²) in [7, 11) is -3.83. The fraction of sp³-hybridized carbons (Fsp3) is 0.385. The topological polar surface area (TPSA) is 128 Å². The monoisotopic (exact) mass is 310 g/mol. The number of pyridine rings is 1. The summed E-state index contributed by atoms with van der Waals surface area (Å²) >= 11 is 0. The first-order valence-electron chi connectivity index (χ1n) is 6.12. The molecule has 0 radical (unpaired) electrons. The van der Waals surface area contributed by atoms with E-state index in [-0.39, 0.29) is 17.9 Å². The molecule has 7 nitrogen and oxygen atoms in total. The lowest BCUT2D eigenvalue weighted by Crippen LogP contribution is -2.45. The summed E-state index contributed by atoms with van der Waals surface area (Å²) in [5.74, 6) is 4.73. The molecule has 0 saturated carbocycles. The molecule has 0 unspecified atom stereocenters. The van der Waals surface area contributed by atoms with Gasteiger partial charge in [0, 0.05) is 29.9 Å². The molecule has 1 heterocycles. The van der Waals surface area contributed by atoms with Crippen LogP contribution in [0.2, 0.25) is 0 Å². The van der Waals surface area contributed by atoms with Gasteiger partial charge in [-0.2, -0.15) is 0 Å². The minimum atomic E-state index is -3.83. The average Bonchev–Trinajstić information content (AvgIpc) is 2.33. The predicted molar refractivity (Wildman–Crippen MR) is 78.4 cm³/mol. The Morgan fingerprint density at radius 1 is 1.43 bits per heavy atom. The Balaban J connectivity index is 3.05. The van der Waals surface area contributed by atoms with E-state index in [0.29, 0.717) is 5.56 Å². The van der Waals surface area contributed by atoms with Crippen LogP contribution >= 0.6 is 0 Å². The molecule has 0 aliphatic rings. The van der Waals surface area contributed by atoms with Crippen LogP contribution in [0.5, 0.6) is 0 Å². The number of carbonyl (C=O) groups is 1. The number of hydrogen-bond acceptors (Lipinski definition) is 5. The van der Waals surface area contributed by atoms with Crippen molar-refractivity contribution in [1.82, 2.24) is 9.71 Å². The molecule has 0 atom stereocenters. The van der Waals surface area contributed by atoms with Gasteiger partial charge in [0.2, 0.25) is 15.9 Å². The smallest absolute Gasteiger partial charge is 0.242 e. The van der Waals surface area contributed by atoms with Crippen LogP contribution in [-0.2, 0) is 14.8 Å². The molecule has 1 amide bonds. The third-order valence-electron chi connectivity index (χ3n) is 2.39. The molecular weight excluding hydrogens is 292 g/mol. The van der Waals surface area contributed by atoms with Crippen molar-refractivity contribution in [3.8, 4) is 11.8 Å². The van der Waals surface area contributed by atoms with Gasteiger partial charge in [-0.15, -0.1) is 0 Å². The summed E-state index contributed by atoms with van der Waals surface area (Å²) in [5.41, 5.74) is 9.80. The van der Waals surface area contributed by atoms with Crippen molar-refractivity contribution in [3.05, 3.63) is 24.0 Å². The van der Waals surface area contributed by atoms with Gasteiger partial charge in [0.25, 0.3) is 0 Å². The van der Waals surface area contributed by atoms with Crippen LogP contribution in [0.3, 0.4) is 0 Å². The van der Waals surface area contributed by atoms with Crippen molar-refractivity contribution in [2.24, 2.45) is 11.5 Å². The minimum Gasteiger partial charge on any atom is -0.370 e. The highest BCUT2D eigenvalue weighted by Crippen LogP contribution is 2.15. The third kappa shape index (κ3) is 5.51. The summed E-state index contributed by atoms with van der Waals surface area (Å²) in [5, 5.41) is 0. The van der Waals surface area contributed by atoms with Gasteiger partial charge in [0.15, 0.2) is 0 Å². The lowest BCUT2D eigenvalue weighted by atomic mass is 10.0. The number of carbonyl (C=O) groups excluding carboxylic acids is 1. The zero-order valence-electron chi connectivity index (χ0n) is 11.9. The Morgan fingerprint density at radius 2 is 2.10 bits per heavy atom. The number of aromatic nitrogens is 1. The number of nitrogens with zero attached hydrogens (tertiary/aromatic N) is 1. The first-order chi connectivity index (χ1) is 9.66. The average molecular weight is 310 g/mol. The normalized spacial score (nSPS) is 11.6. The maximum absolute atomic E-state index is 12.3. The van der Waals surface area contributed by atoms with Crippen molar-refractivity contribution in [1.29, 1.82) is 0 Å². The first kappa shape index (κ1) is 17.1.